The number of halogens is 1. The number of amides is 1. The number of nitrogens with zero attached hydrogens (tertiary/aromatic N) is 1. The minimum atomic E-state index is -0.0880. The largest absolute Gasteiger partial charge is 0.378 e. The van der Waals surface area contributed by atoms with Crippen LogP contribution in [0.15, 0.2) is 94.9 Å². The SMILES string of the molecule is C/C(=N/NC(=O)CCSc1ccc(Cl)cc1)c1ccc2c(c1)[C@@H]1C=CC[C@@H]1[C@H](c1ccccc1)N2. The normalized spacial score (nSPS) is 20.6. The number of allylic oxidation sites excluding steroid dienone is 2. The molecule has 35 heavy (non-hydrogen) atoms. The Morgan fingerprint density at radius 2 is 1.91 bits per heavy atom. The number of carbonyl (C=O) groups is 1. The van der Waals surface area contributed by atoms with Gasteiger partial charge in [0.15, 0.2) is 0 Å². The second-order valence-electron chi connectivity index (χ2n) is 8.97. The highest BCUT2D eigenvalue weighted by molar-refractivity contribution is 7.99. The van der Waals surface area contributed by atoms with Crippen molar-refractivity contribution in [1.82, 2.24) is 5.43 Å². The van der Waals surface area contributed by atoms with Gasteiger partial charge in [-0.1, -0.05) is 60.2 Å². The van der Waals surface area contributed by atoms with Gasteiger partial charge >= 0.3 is 0 Å². The molecule has 4 nitrogen and oxygen atoms in total. The standard InChI is InChI=1S/C29H28ClN3OS/c1-19(32-33-28(34)16-17-35-23-13-11-22(30)12-14-23)21-10-15-27-26(18-21)24-8-5-9-25(24)29(31-27)20-6-3-2-4-7-20/h2-8,10-15,18,24-25,29,31H,9,16-17H2,1H3,(H,33,34)/b32-19-/t24-,25+,29+/m1/s1. The van der Waals surface area contributed by atoms with Gasteiger partial charge in [0.2, 0.25) is 5.91 Å². The van der Waals surface area contributed by atoms with Gasteiger partial charge in [0.05, 0.1) is 11.8 Å². The Labute approximate surface area is 215 Å². The highest BCUT2D eigenvalue weighted by Gasteiger charge is 2.37. The molecule has 3 aromatic rings. The molecule has 0 saturated carbocycles. The lowest BCUT2D eigenvalue weighted by Gasteiger charge is -2.37. The van der Waals surface area contributed by atoms with Crippen LogP contribution in [0.5, 0.6) is 0 Å². The van der Waals surface area contributed by atoms with Crippen LogP contribution < -0.4 is 10.7 Å². The summed E-state index contributed by atoms with van der Waals surface area (Å²) >= 11 is 7.55. The Balaban J connectivity index is 1.23. The molecule has 0 unspecified atom stereocenters. The number of nitrogens with one attached hydrogen (secondary N) is 2. The lowest BCUT2D eigenvalue weighted by molar-refractivity contribution is -0.120. The molecule has 1 heterocycles. The van der Waals surface area contributed by atoms with Gasteiger partial charge in [-0.15, -0.1) is 11.8 Å². The van der Waals surface area contributed by atoms with Gasteiger partial charge in [-0.3, -0.25) is 4.79 Å². The van der Waals surface area contributed by atoms with Crippen molar-refractivity contribution in [3.8, 4) is 0 Å². The molecule has 0 fully saturated rings. The average Bonchev–Trinajstić information content (AvgIpc) is 3.39. The number of carbonyl (C=O) groups excluding carboxylic acids is 1. The first-order valence-electron chi connectivity index (χ1n) is 11.9. The Bertz CT molecular complexity index is 1260. The Hall–Kier alpha value is -3.02. The fraction of sp³-hybridized carbons (Fsp3) is 0.241. The average molecular weight is 502 g/mol. The number of thioether (sulfide) groups is 1. The van der Waals surface area contributed by atoms with E-state index in [2.05, 4.69) is 76.5 Å². The van der Waals surface area contributed by atoms with Crippen LogP contribution in [0.4, 0.5) is 5.69 Å². The summed E-state index contributed by atoms with van der Waals surface area (Å²) in [7, 11) is 0. The molecule has 178 valence electrons. The maximum absolute atomic E-state index is 12.3. The minimum Gasteiger partial charge on any atom is -0.378 e. The zero-order chi connectivity index (χ0) is 24.2. The summed E-state index contributed by atoms with van der Waals surface area (Å²) in [4.78, 5) is 13.4. The van der Waals surface area contributed by atoms with Crippen molar-refractivity contribution in [2.24, 2.45) is 11.0 Å². The molecule has 2 N–H and O–H groups in total. The molecule has 0 spiro atoms. The van der Waals surface area contributed by atoms with Gasteiger partial charge in [0.1, 0.15) is 0 Å². The van der Waals surface area contributed by atoms with Gasteiger partial charge < -0.3 is 5.32 Å². The molecule has 0 radical (unpaired) electrons. The van der Waals surface area contributed by atoms with Crippen molar-refractivity contribution < 1.29 is 4.79 Å². The van der Waals surface area contributed by atoms with E-state index in [1.807, 2.05) is 31.2 Å². The molecule has 0 bridgehead atoms. The lowest BCUT2D eigenvalue weighted by atomic mass is 9.76. The summed E-state index contributed by atoms with van der Waals surface area (Å²) in [5, 5.41) is 8.88. The number of hydrazone groups is 1. The van der Waals surface area contributed by atoms with E-state index in [9.17, 15) is 4.79 Å². The highest BCUT2D eigenvalue weighted by Crippen LogP contribution is 2.49. The molecule has 0 aromatic heterocycles. The molecule has 1 aliphatic carbocycles. The summed E-state index contributed by atoms with van der Waals surface area (Å²) in [6.07, 6.45) is 6.11. The number of rotatable bonds is 7. The molecule has 3 atom stereocenters. The third kappa shape index (κ3) is 5.47. The van der Waals surface area contributed by atoms with Crippen molar-refractivity contribution in [3.63, 3.8) is 0 Å². The zero-order valence-electron chi connectivity index (χ0n) is 19.6. The van der Waals surface area contributed by atoms with E-state index in [1.54, 1.807) is 11.8 Å². The predicted octanol–water partition coefficient (Wildman–Crippen LogP) is 7.19. The molecular formula is C29H28ClN3OS. The van der Waals surface area contributed by atoms with E-state index in [1.165, 1.54) is 16.8 Å². The smallest absolute Gasteiger partial charge is 0.240 e. The Morgan fingerprint density at radius 3 is 2.71 bits per heavy atom. The first-order chi connectivity index (χ1) is 17.1. The van der Waals surface area contributed by atoms with E-state index in [0.29, 0.717) is 35.1 Å². The van der Waals surface area contributed by atoms with Crippen molar-refractivity contribution in [3.05, 3.63) is 107 Å². The van der Waals surface area contributed by atoms with Crippen molar-refractivity contribution in [2.75, 3.05) is 11.1 Å². The molecule has 2 aliphatic rings. The number of anilines is 1. The van der Waals surface area contributed by atoms with Crippen LogP contribution >= 0.6 is 23.4 Å². The Kier molecular flexibility index (Phi) is 7.26. The minimum absolute atomic E-state index is 0.0880. The van der Waals surface area contributed by atoms with Crippen molar-refractivity contribution in [1.29, 1.82) is 0 Å². The van der Waals surface area contributed by atoms with E-state index in [-0.39, 0.29) is 5.91 Å². The van der Waals surface area contributed by atoms with E-state index in [4.69, 9.17) is 11.6 Å². The molecule has 6 heteroatoms. The number of fused-ring (bicyclic) bond motifs is 3. The van der Waals surface area contributed by atoms with Gasteiger partial charge in [-0.2, -0.15) is 5.10 Å². The zero-order valence-corrected chi connectivity index (χ0v) is 21.2. The maximum Gasteiger partial charge on any atom is 0.240 e. The van der Waals surface area contributed by atoms with E-state index >= 15 is 0 Å². The predicted molar refractivity (Wildman–Crippen MR) is 146 cm³/mol. The molecule has 5 rings (SSSR count). The number of hydrogen-bond donors (Lipinski definition) is 2. The van der Waals surface area contributed by atoms with Crippen molar-refractivity contribution >= 4 is 40.7 Å². The molecule has 3 aromatic carbocycles. The monoisotopic (exact) mass is 501 g/mol. The van der Waals surface area contributed by atoms with Crippen LogP contribution in [-0.4, -0.2) is 17.4 Å². The fourth-order valence-electron chi connectivity index (χ4n) is 4.87. The molecule has 1 amide bonds. The summed E-state index contributed by atoms with van der Waals surface area (Å²) < 4.78 is 0. The van der Waals surface area contributed by atoms with Gasteiger partial charge in [0, 0.05) is 33.7 Å². The summed E-state index contributed by atoms with van der Waals surface area (Å²) in [6.45, 7) is 1.94. The number of hydrogen-bond acceptors (Lipinski definition) is 4. The van der Waals surface area contributed by atoms with Gasteiger partial charge in [0.25, 0.3) is 0 Å². The molecule has 1 aliphatic heterocycles. The second kappa shape index (κ2) is 10.7. The van der Waals surface area contributed by atoms with Crippen LogP contribution in [0.1, 0.15) is 48.4 Å². The number of benzene rings is 3. The van der Waals surface area contributed by atoms with E-state index in [0.717, 1.165) is 22.6 Å². The molecule has 0 saturated heterocycles. The third-order valence-corrected chi connectivity index (χ3v) is 7.96. The van der Waals surface area contributed by atoms with E-state index < -0.39 is 0 Å². The van der Waals surface area contributed by atoms with Gasteiger partial charge in [-0.05, 0) is 72.4 Å². The first-order valence-corrected chi connectivity index (χ1v) is 13.3. The van der Waals surface area contributed by atoms with Crippen LogP contribution in [-0.2, 0) is 4.79 Å². The summed E-state index contributed by atoms with van der Waals surface area (Å²) in [5.74, 6) is 1.47. The van der Waals surface area contributed by atoms with Crippen LogP contribution in [0.3, 0.4) is 0 Å². The van der Waals surface area contributed by atoms with Crippen LogP contribution in [0.2, 0.25) is 5.02 Å². The maximum atomic E-state index is 12.3. The summed E-state index contributed by atoms with van der Waals surface area (Å²) in [5.41, 5.74) is 8.35. The van der Waals surface area contributed by atoms with Gasteiger partial charge in [-0.25, -0.2) is 5.43 Å². The second-order valence-corrected chi connectivity index (χ2v) is 10.6. The fourth-order valence-corrected chi connectivity index (χ4v) is 5.85. The van der Waals surface area contributed by atoms with Crippen molar-refractivity contribution in [2.45, 2.75) is 36.6 Å². The van der Waals surface area contributed by atoms with Crippen LogP contribution in [0.25, 0.3) is 0 Å². The first kappa shape index (κ1) is 23.7. The van der Waals surface area contributed by atoms with Crippen LogP contribution in [0, 0.1) is 5.92 Å². The quantitative estimate of drug-likeness (QED) is 0.156. The lowest BCUT2D eigenvalue weighted by Crippen LogP contribution is -2.29. The highest BCUT2D eigenvalue weighted by atomic mass is 35.5. The molecular weight excluding hydrogens is 474 g/mol. The third-order valence-electron chi connectivity index (χ3n) is 6.70. The Morgan fingerprint density at radius 1 is 1.11 bits per heavy atom. The summed E-state index contributed by atoms with van der Waals surface area (Å²) in [6, 6.07) is 25.1. The topological polar surface area (TPSA) is 53.5 Å².